The van der Waals surface area contributed by atoms with E-state index in [2.05, 4.69) is 0 Å². The third-order valence-corrected chi connectivity index (χ3v) is 6.23. The van der Waals surface area contributed by atoms with Crippen molar-refractivity contribution >= 4 is 11.8 Å². The normalized spacial score (nSPS) is 18.9. The second kappa shape index (κ2) is 9.88. The van der Waals surface area contributed by atoms with E-state index >= 15 is 0 Å². The van der Waals surface area contributed by atoms with Crippen LogP contribution in [0.3, 0.4) is 0 Å². The SMILES string of the molecule is CN(Cc1ccccc1)C(=O)C1(Cc2ccc(OCc3ccccc3)cc2)CC1C(=O)NO. The van der Waals surface area contributed by atoms with Crippen molar-refractivity contribution in [2.75, 3.05) is 7.05 Å². The van der Waals surface area contributed by atoms with Gasteiger partial charge >= 0.3 is 0 Å². The van der Waals surface area contributed by atoms with Gasteiger partial charge < -0.3 is 9.64 Å². The standard InChI is InChI=1S/C27H28N2O4/c1-29(18-21-8-4-2-5-9-21)26(31)27(17-24(27)25(30)28-32)16-20-12-14-23(15-13-20)33-19-22-10-6-3-7-11-22/h2-15,24,32H,16-19H2,1H3,(H,28,30). The summed E-state index contributed by atoms with van der Waals surface area (Å²) in [5.41, 5.74) is 3.91. The molecule has 1 aliphatic carbocycles. The van der Waals surface area contributed by atoms with Crippen molar-refractivity contribution in [2.45, 2.75) is 26.0 Å². The quantitative estimate of drug-likeness (QED) is 0.387. The summed E-state index contributed by atoms with van der Waals surface area (Å²) in [6.07, 6.45) is 0.825. The Bertz CT molecular complexity index is 1090. The molecule has 6 nitrogen and oxygen atoms in total. The first-order valence-electron chi connectivity index (χ1n) is 11.0. The minimum Gasteiger partial charge on any atom is -0.489 e. The molecule has 2 atom stereocenters. The van der Waals surface area contributed by atoms with Crippen molar-refractivity contribution in [2.24, 2.45) is 11.3 Å². The number of rotatable bonds is 9. The van der Waals surface area contributed by atoms with E-state index in [9.17, 15) is 9.59 Å². The highest BCUT2D eigenvalue weighted by atomic mass is 16.5. The van der Waals surface area contributed by atoms with E-state index in [1.807, 2.05) is 84.9 Å². The molecule has 1 aliphatic rings. The molecule has 0 radical (unpaired) electrons. The maximum atomic E-state index is 13.4. The highest BCUT2D eigenvalue weighted by Crippen LogP contribution is 2.56. The van der Waals surface area contributed by atoms with Crippen molar-refractivity contribution in [3.8, 4) is 5.75 Å². The number of carbonyl (C=O) groups is 2. The molecule has 6 heteroatoms. The molecule has 170 valence electrons. The van der Waals surface area contributed by atoms with E-state index in [0.717, 1.165) is 22.4 Å². The van der Waals surface area contributed by atoms with Crippen molar-refractivity contribution in [3.63, 3.8) is 0 Å². The van der Waals surface area contributed by atoms with E-state index < -0.39 is 17.2 Å². The van der Waals surface area contributed by atoms with Crippen LogP contribution in [-0.2, 0) is 29.2 Å². The summed E-state index contributed by atoms with van der Waals surface area (Å²) in [6.45, 7) is 0.937. The number of hydroxylamine groups is 1. The van der Waals surface area contributed by atoms with Crippen LogP contribution in [0.2, 0.25) is 0 Å². The molecule has 3 aromatic rings. The number of ether oxygens (including phenoxy) is 1. The molecule has 4 rings (SSSR count). The van der Waals surface area contributed by atoms with Gasteiger partial charge in [0.2, 0.25) is 11.8 Å². The molecule has 0 heterocycles. The Balaban J connectivity index is 1.45. The fraction of sp³-hybridized carbons (Fsp3) is 0.259. The number of nitrogens with zero attached hydrogens (tertiary/aromatic N) is 1. The van der Waals surface area contributed by atoms with Crippen LogP contribution in [0.1, 0.15) is 23.1 Å². The molecule has 2 amide bonds. The van der Waals surface area contributed by atoms with E-state index in [1.165, 1.54) is 0 Å². The van der Waals surface area contributed by atoms with Gasteiger partial charge in [-0.05, 0) is 41.7 Å². The van der Waals surface area contributed by atoms with E-state index in [-0.39, 0.29) is 5.91 Å². The smallest absolute Gasteiger partial charge is 0.247 e. The first-order chi connectivity index (χ1) is 16.0. The molecule has 33 heavy (non-hydrogen) atoms. The Kier molecular flexibility index (Phi) is 6.75. The molecule has 2 unspecified atom stereocenters. The Hall–Kier alpha value is -3.64. The van der Waals surface area contributed by atoms with Gasteiger partial charge in [0.25, 0.3) is 0 Å². The Morgan fingerprint density at radius 3 is 2.15 bits per heavy atom. The minimum atomic E-state index is -0.858. The third kappa shape index (κ3) is 5.23. The maximum absolute atomic E-state index is 13.4. The van der Waals surface area contributed by atoms with Gasteiger partial charge in [0.15, 0.2) is 0 Å². The lowest BCUT2D eigenvalue weighted by Crippen LogP contribution is -2.38. The second-order valence-corrected chi connectivity index (χ2v) is 8.63. The summed E-state index contributed by atoms with van der Waals surface area (Å²) in [5.74, 6) is -0.421. The maximum Gasteiger partial charge on any atom is 0.247 e. The monoisotopic (exact) mass is 444 g/mol. The minimum absolute atomic E-state index is 0.0932. The number of hydrogen-bond donors (Lipinski definition) is 2. The van der Waals surface area contributed by atoms with Crippen LogP contribution in [0.15, 0.2) is 84.9 Å². The molecule has 1 fully saturated rings. The summed E-state index contributed by atoms with van der Waals surface area (Å²) >= 11 is 0. The van der Waals surface area contributed by atoms with E-state index in [4.69, 9.17) is 9.94 Å². The van der Waals surface area contributed by atoms with E-state index in [0.29, 0.717) is 26.0 Å². The summed E-state index contributed by atoms with van der Waals surface area (Å²) in [7, 11) is 1.75. The first-order valence-corrected chi connectivity index (χ1v) is 11.0. The van der Waals surface area contributed by atoms with Crippen LogP contribution in [0.4, 0.5) is 0 Å². The number of nitrogens with one attached hydrogen (secondary N) is 1. The fourth-order valence-electron chi connectivity index (χ4n) is 4.35. The predicted octanol–water partition coefficient (Wildman–Crippen LogP) is 3.98. The first kappa shape index (κ1) is 22.6. The van der Waals surface area contributed by atoms with Crippen molar-refractivity contribution in [1.29, 1.82) is 0 Å². The van der Waals surface area contributed by atoms with E-state index in [1.54, 1.807) is 17.4 Å². The molecule has 0 aromatic heterocycles. The molecule has 1 saturated carbocycles. The largest absolute Gasteiger partial charge is 0.489 e. The number of carbonyl (C=O) groups excluding carboxylic acids is 2. The van der Waals surface area contributed by atoms with Gasteiger partial charge in [0, 0.05) is 13.6 Å². The van der Waals surface area contributed by atoms with Gasteiger partial charge in [0.1, 0.15) is 12.4 Å². The highest BCUT2D eigenvalue weighted by molar-refractivity contribution is 5.95. The average Bonchev–Trinajstić information content (AvgIpc) is 3.59. The topological polar surface area (TPSA) is 78.9 Å². The number of amides is 2. The Labute approximate surface area is 193 Å². The highest BCUT2D eigenvalue weighted by Gasteiger charge is 2.63. The zero-order valence-corrected chi connectivity index (χ0v) is 18.6. The Morgan fingerprint density at radius 2 is 1.55 bits per heavy atom. The Morgan fingerprint density at radius 1 is 0.939 bits per heavy atom. The molecular weight excluding hydrogens is 416 g/mol. The molecule has 0 spiro atoms. The van der Waals surface area contributed by atoms with Gasteiger partial charge in [-0.2, -0.15) is 0 Å². The molecule has 3 aromatic carbocycles. The molecule has 0 aliphatic heterocycles. The average molecular weight is 445 g/mol. The van der Waals surface area contributed by atoms with Gasteiger partial charge in [-0.1, -0.05) is 72.8 Å². The van der Waals surface area contributed by atoms with Crippen LogP contribution in [-0.4, -0.2) is 29.0 Å². The van der Waals surface area contributed by atoms with Crippen molar-refractivity contribution < 1.29 is 19.5 Å². The fourth-order valence-corrected chi connectivity index (χ4v) is 4.35. The molecule has 2 N–H and O–H groups in total. The lowest BCUT2D eigenvalue weighted by molar-refractivity contribution is -0.140. The summed E-state index contributed by atoms with van der Waals surface area (Å²) in [6, 6.07) is 27.3. The van der Waals surface area contributed by atoms with Gasteiger partial charge in [0.05, 0.1) is 11.3 Å². The van der Waals surface area contributed by atoms with Gasteiger partial charge in [-0.15, -0.1) is 0 Å². The lowest BCUT2D eigenvalue weighted by atomic mass is 9.91. The third-order valence-electron chi connectivity index (χ3n) is 6.23. The van der Waals surface area contributed by atoms with Crippen molar-refractivity contribution in [1.82, 2.24) is 10.4 Å². The predicted molar refractivity (Wildman–Crippen MR) is 124 cm³/mol. The number of benzene rings is 3. The van der Waals surface area contributed by atoms with Crippen LogP contribution in [0, 0.1) is 11.3 Å². The summed E-state index contributed by atoms with van der Waals surface area (Å²) < 4.78 is 5.85. The zero-order valence-electron chi connectivity index (χ0n) is 18.6. The number of hydrogen-bond acceptors (Lipinski definition) is 4. The second-order valence-electron chi connectivity index (χ2n) is 8.63. The van der Waals surface area contributed by atoms with Crippen molar-refractivity contribution in [3.05, 3.63) is 102 Å². The molecule has 0 bridgehead atoms. The summed E-state index contributed by atoms with van der Waals surface area (Å²) in [4.78, 5) is 27.3. The lowest BCUT2D eigenvalue weighted by Gasteiger charge is -2.25. The zero-order chi connectivity index (χ0) is 23.3. The molecule has 0 saturated heterocycles. The van der Waals surface area contributed by atoms with Crippen LogP contribution in [0.25, 0.3) is 0 Å². The van der Waals surface area contributed by atoms with Crippen LogP contribution >= 0.6 is 0 Å². The van der Waals surface area contributed by atoms with Gasteiger partial charge in [-0.25, -0.2) is 5.48 Å². The van der Waals surface area contributed by atoms with Crippen LogP contribution in [0.5, 0.6) is 5.75 Å². The molecular formula is C27H28N2O4. The van der Waals surface area contributed by atoms with Gasteiger partial charge in [-0.3, -0.25) is 14.8 Å². The summed E-state index contributed by atoms with van der Waals surface area (Å²) in [5, 5.41) is 9.15. The van der Waals surface area contributed by atoms with Crippen LogP contribution < -0.4 is 10.2 Å².